The Hall–Kier alpha value is -1.47. The molecule has 0 aliphatic heterocycles. The minimum atomic E-state index is -0.326. The second-order valence-corrected chi connectivity index (χ2v) is 3.40. The third kappa shape index (κ3) is 1.27. The van der Waals surface area contributed by atoms with E-state index in [0.29, 0.717) is 0 Å². The highest BCUT2D eigenvalue weighted by atomic mass is 16.1. The summed E-state index contributed by atoms with van der Waals surface area (Å²) in [6, 6.07) is 3.88. The van der Waals surface area contributed by atoms with E-state index >= 15 is 0 Å². The molecule has 0 atom stereocenters. The Bertz CT molecular complexity index is 376. The van der Waals surface area contributed by atoms with E-state index in [-0.39, 0.29) is 5.54 Å². The number of aryl methyl sites for hydroxylation is 1. The topological polar surface area (TPSA) is 42.3 Å². The smallest absolute Gasteiger partial charge is 0.235 e. The van der Waals surface area contributed by atoms with Gasteiger partial charge in [0.1, 0.15) is 5.54 Å². The Kier molecular flexibility index (Phi) is 1.74. The highest BCUT2D eigenvalue weighted by Crippen LogP contribution is 2.49. The number of carbonyl (C=O) groups excluding carboxylic acids is 1. The van der Waals surface area contributed by atoms with Gasteiger partial charge in [0.05, 0.1) is 5.69 Å². The molecule has 1 fully saturated rings. The van der Waals surface area contributed by atoms with Gasteiger partial charge in [0.2, 0.25) is 6.08 Å². The average molecular weight is 174 g/mol. The van der Waals surface area contributed by atoms with Gasteiger partial charge in [-0.3, -0.25) is 4.98 Å². The molecule has 0 saturated heterocycles. The van der Waals surface area contributed by atoms with Crippen molar-refractivity contribution in [1.29, 1.82) is 0 Å². The summed E-state index contributed by atoms with van der Waals surface area (Å²) >= 11 is 0. The van der Waals surface area contributed by atoms with Crippen LogP contribution in [0.15, 0.2) is 23.3 Å². The first-order chi connectivity index (χ1) is 6.28. The van der Waals surface area contributed by atoms with Gasteiger partial charge in [-0.15, -0.1) is 0 Å². The molecule has 1 aliphatic rings. The van der Waals surface area contributed by atoms with Crippen LogP contribution in [0.4, 0.5) is 0 Å². The molecule has 0 aromatic carbocycles. The maximum atomic E-state index is 10.2. The van der Waals surface area contributed by atoms with Crippen LogP contribution in [-0.4, -0.2) is 11.1 Å². The Morgan fingerprint density at radius 1 is 1.62 bits per heavy atom. The molecule has 0 spiro atoms. The molecule has 0 amide bonds. The lowest BCUT2D eigenvalue weighted by molar-refractivity contribution is 0.554. The van der Waals surface area contributed by atoms with Crippen LogP contribution in [0.1, 0.15) is 24.1 Å². The largest absolute Gasteiger partial charge is 0.258 e. The van der Waals surface area contributed by atoms with E-state index in [4.69, 9.17) is 0 Å². The highest BCUT2D eigenvalue weighted by molar-refractivity contribution is 5.41. The van der Waals surface area contributed by atoms with Crippen LogP contribution in [0.2, 0.25) is 0 Å². The van der Waals surface area contributed by atoms with Crippen molar-refractivity contribution in [2.24, 2.45) is 4.99 Å². The fourth-order valence-electron chi connectivity index (χ4n) is 1.58. The molecular formula is C10H10N2O. The van der Waals surface area contributed by atoms with Crippen molar-refractivity contribution in [2.45, 2.75) is 25.3 Å². The van der Waals surface area contributed by atoms with E-state index in [2.05, 4.69) is 9.98 Å². The summed E-state index contributed by atoms with van der Waals surface area (Å²) in [5, 5.41) is 0. The third-order valence-corrected chi connectivity index (χ3v) is 2.43. The van der Waals surface area contributed by atoms with Gasteiger partial charge in [-0.25, -0.2) is 4.79 Å². The number of aromatic nitrogens is 1. The first kappa shape index (κ1) is 8.14. The zero-order chi connectivity index (χ0) is 9.31. The molecule has 0 bridgehead atoms. The zero-order valence-corrected chi connectivity index (χ0v) is 7.45. The van der Waals surface area contributed by atoms with Gasteiger partial charge in [0, 0.05) is 6.20 Å². The Balaban J connectivity index is 2.46. The number of aliphatic imine (C=N–C) groups is 1. The van der Waals surface area contributed by atoms with Gasteiger partial charge >= 0.3 is 0 Å². The standard InChI is InChI=1S/C10H10N2O/c1-8-3-2-6-11-9(8)10(4-5-10)12-7-13/h2-3,6H,4-5H2,1H3. The zero-order valence-electron chi connectivity index (χ0n) is 7.45. The lowest BCUT2D eigenvalue weighted by Gasteiger charge is -2.08. The number of hydrogen-bond acceptors (Lipinski definition) is 3. The van der Waals surface area contributed by atoms with Crippen LogP contribution in [-0.2, 0) is 10.3 Å². The van der Waals surface area contributed by atoms with Crippen LogP contribution >= 0.6 is 0 Å². The molecule has 1 aromatic rings. The van der Waals surface area contributed by atoms with Gasteiger partial charge in [0.25, 0.3) is 0 Å². The Labute approximate surface area is 76.5 Å². The number of pyridine rings is 1. The highest BCUT2D eigenvalue weighted by Gasteiger charge is 2.47. The summed E-state index contributed by atoms with van der Waals surface area (Å²) in [4.78, 5) is 18.3. The molecule has 0 unspecified atom stereocenters. The van der Waals surface area contributed by atoms with Crippen LogP contribution in [0.5, 0.6) is 0 Å². The van der Waals surface area contributed by atoms with Gasteiger partial charge in [-0.1, -0.05) is 6.07 Å². The van der Waals surface area contributed by atoms with Crippen molar-refractivity contribution >= 4 is 6.08 Å². The molecule has 0 radical (unpaired) electrons. The van der Waals surface area contributed by atoms with E-state index in [9.17, 15) is 4.79 Å². The van der Waals surface area contributed by atoms with E-state index < -0.39 is 0 Å². The Morgan fingerprint density at radius 2 is 2.38 bits per heavy atom. The Morgan fingerprint density at radius 3 is 2.92 bits per heavy atom. The van der Waals surface area contributed by atoms with Crippen LogP contribution < -0.4 is 0 Å². The lowest BCUT2D eigenvalue weighted by atomic mass is 10.1. The van der Waals surface area contributed by atoms with Crippen molar-refractivity contribution < 1.29 is 4.79 Å². The number of isocyanates is 1. The van der Waals surface area contributed by atoms with Crippen molar-refractivity contribution in [3.05, 3.63) is 29.6 Å². The molecule has 3 heteroatoms. The fraction of sp³-hybridized carbons (Fsp3) is 0.400. The van der Waals surface area contributed by atoms with Crippen molar-refractivity contribution in [1.82, 2.24) is 4.98 Å². The molecule has 1 aliphatic carbocycles. The van der Waals surface area contributed by atoms with Crippen LogP contribution in [0.25, 0.3) is 0 Å². The van der Waals surface area contributed by atoms with Crippen molar-refractivity contribution in [3.8, 4) is 0 Å². The first-order valence-corrected chi connectivity index (χ1v) is 4.30. The summed E-state index contributed by atoms with van der Waals surface area (Å²) in [7, 11) is 0. The number of nitrogens with zero attached hydrogens (tertiary/aromatic N) is 2. The maximum Gasteiger partial charge on any atom is 0.235 e. The SMILES string of the molecule is Cc1cccnc1C1(N=C=O)CC1. The van der Waals surface area contributed by atoms with E-state index in [0.717, 1.165) is 24.1 Å². The predicted octanol–water partition coefficient (Wildman–Crippen LogP) is 1.71. The lowest BCUT2D eigenvalue weighted by Crippen LogP contribution is -2.07. The van der Waals surface area contributed by atoms with Crippen LogP contribution in [0.3, 0.4) is 0 Å². The molecule has 13 heavy (non-hydrogen) atoms. The van der Waals surface area contributed by atoms with Gasteiger partial charge in [-0.2, -0.15) is 4.99 Å². The minimum absolute atomic E-state index is 0.326. The van der Waals surface area contributed by atoms with E-state index in [1.165, 1.54) is 0 Å². The summed E-state index contributed by atoms with van der Waals surface area (Å²) in [5.41, 5.74) is 1.70. The fourth-order valence-corrected chi connectivity index (χ4v) is 1.58. The molecule has 66 valence electrons. The van der Waals surface area contributed by atoms with Crippen molar-refractivity contribution in [3.63, 3.8) is 0 Å². The summed E-state index contributed by atoms with van der Waals surface area (Å²) in [5.74, 6) is 0. The first-order valence-electron chi connectivity index (χ1n) is 4.30. The molecule has 2 rings (SSSR count). The summed E-state index contributed by atoms with van der Waals surface area (Å²) in [6.07, 6.45) is 5.20. The maximum absolute atomic E-state index is 10.2. The molecule has 0 N–H and O–H groups in total. The monoisotopic (exact) mass is 174 g/mol. The quantitative estimate of drug-likeness (QED) is 0.506. The van der Waals surface area contributed by atoms with Gasteiger partial charge in [0.15, 0.2) is 0 Å². The molecular weight excluding hydrogens is 164 g/mol. The second kappa shape index (κ2) is 2.79. The summed E-state index contributed by atoms with van der Waals surface area (Å²) in [6.45, 7) is 1.99. The third-order valence-electron chi connectivity index (χ3n) is 2.43. The molecule has 1 saturated carbocycles. The average Bonchev–Trinajstić information content (AvgIpc) is 2.87. The predicted molar refractivity (Wildman–Crippen MR) is 48.0 cm³/mol. The minimum Gasteiger partial charge on any atom is -0.258 e. The summed E-state index contributed by atoms with van der Waals surface area (Å²) < 4.78 is 0. The molecule has 1 aromatic heterocycles. The van der Waals surface area contributed by atoms with Gasteiger partial charge < -0.3 is 0 Å². The van der Waals surface area contributed by atoms with E-state index in [1.807, 2.05) is 19.1 Å². The normalized spacial score (nSPS) is 17.6. The molecule has 1 heterocycles. The number of hydrogen-bond donors (Lipinski definition) is 0. The van der Waals surface area contributed by atoms with Crippen molar-refractivity contribution in [2.75, 3.05) is 0 Å². The van der Waals surface area contributed by atoms with Gasteiger partial charge in [-0.05, 0) is 31.4 Å². The van der Waals surface area contributed by atoms with Crippen LogP contribution in [0, 0.1) is 6.92 Å². The second-order valence-electron chi connectivity index (χ2n) is 3.40. The number of rotatable bonds is 2. The molecule has 3 nitrogen and oxygen atoms in total. The van der Waals surface area contributed by atoms with E-state index in [1.54, 1.807) is 12.3 Å².